The number of likely N-dealkylation sites (tertiary alicyclic amines) is 1. The highest BCUT2D eigenvalue weighted by atomic mass is 16.2. The third-order valence-corrected chi connectivity index (χ3v) is 10.3. The fourth-order valence-corrected chi connectivity index (χ4v) is 9.29. The van der Waals surface area contributed by atoms with Crippen molar-refractivity contribution in [3.05, 3.63) is 64.7 Å². The van der Waals surface area contributed by atoms with Crippen molar-refractivity contribution in [3.8, 4) is 0 Å². The van der Waals surface area contributed by atoms with Crippen LogP contribution in [0.2, 0.25) is 0 Å². The van der Waals surface area contributed by atoms with Crippen molar-refractivity contribution in [1.29, 1.82) is 0 Å². The minimum absolute atomic E-state index is 0.0551. The lowest BCUT2D eigenvalue weighted by Gasteiger charge is -2.62. The van der Waals surface area contributed by atoms with E-state index in [1.807, 2.05) is 0 Å². The molecule has 1 N–H and O–H groups in total. The molecule has 0 spiro atoms. The van der Waals surface area contributed by atoms with E-state index in [9.17, 15) is 4.79 Å². The molecule has 2 heterocycles. The number of aryl methyl sites for hydroxylation is 2. The zero-order valence-corrected chi connectivity index (χ0v) is 21.5. The van der Waals surface area contributed by atoms with Gasteiger partial charge in [-0.3, -0.25) is 4.90 Å². The maximum absolute atomic E-state index is 14.2. The van der Waals surface area contributed by atoms with Crippen LogP contribution in [-0.2, 0) is 5.41 Å². The normalized spacial score (nSPS) is 37.3. The zero-order chi connectivity index (χ0) is 23.9. The first-order chi connectivity index (χ1) is 16.8. The maximum atomic E-state index is 14.2. The highest BCUT2D eigenvalue weighted by molar-refractivity contribution is 5.96. The highest BCUT2D eigenvalue weighted by Crippen LogP contribution is 2.62. The molecule has 2 amide bonds. The minimum Gasteiger partial charge on any atom is -0.332 e. The molecule has 1 saturated heterocycles. The van der Waals surface area contributed by atoms with E-state index in [1.165, 1.54) is 41.5 Å². The first kappa shape index (κ1) is 21.9. The third-order valence-electron chi connectivity index (χ3n) is 10.3. The predicted molar refractivity (Wildman–Crippen MR) is 141 cm³/mol. The van der Waals surface area contributed by atoms with Gasteiger partial charge in [-0.15, -0.1) is 0 Å². The number of urea groups is 1. The summed E-state index contributed by atoms with van der Waals surface area (Å²) in [5, 5.41) is 3.75. The molecule has 4 nitrogen and oxygen atoms in total. The first-order valence-corrected chi connectivity index (χ1v) is 13.8. The van der Waals surface area contributed by atoms with Gasteiger partial charge in [0.2, 0.25) is 0 Å². The third kappa shape index (κ3) is 3.39. The van der Waals surface area contributed by atoms with Crippen LogP contribution in [-0.4, -0.2) is 42.6 Å². The summed E-state index contributed by atoms with van der Waals surface area (Å²) in [7, 11) is 2.22. The van der Waals surface area contributed by atoms with E-state index in [-0.39, 0.29) is 23.0 Å². The number of benzene rings is 2. The zero-order valence-electron chi connectivity index (χ0n) is 21.5. The molecule has 4 saturated carbocycles. The number of carbonyl (C=O) groups is 1. The molecule has 5 fully saturated rings. The molecular weight excluding hydrogens is 430 g/mol. The molecule has 4 atom stereocenters. The van der Waals surface area contributed by atoms with Crippen molar-refractivity contribution in [1.82, 2.24) is 10.2 Å². The second-order valence-corrected chi connectivity index (χ2v) is 13.0. The van der Waals surface area contributed by atoms with Gasteiger partial charge in [0.25, 0.3) is 0 Å². The summed E-state index contributed by atoms with van der Waals surface area (Å²) in [4.78, 5) is 18.8. The molecule has 2 aliphatic heterocycles. The molecule has 184 valence electrons. The van der Waals surface area contributed by atoms with E-state index in [4.69, 9.17) is 0 Å². The van der Waals surface area contributed by atoms with E-state index in [2.05, 4.69) is 78.5 Å². The quantitative estimate of drug-likeness (QED) is 0.593. The topological polar surface area (TPSA) is 35.6 Å². The van der Waals surface area contributed by atoms with Gasteiger partial charge >= 0.3 is 6.03 Å². The summed E-state index contributed by atoms with van der Waals surface area (Å²) in [5.41, 5.74) is 6.83. The Hall–Kier alpha value is -2.33. The Bertz CT molecular complexity index is 1160. The van der Waals surface area contributed by atoms with Crippen LogP contribution in [0.1, 0.15) is 73.1 Å². The predicted octanol–water partition coefficient (Wildman–Crippen LogP) is 5.91. The number of anilines is 1. The molecule has 4 aliphatic carbocycles. The summed E-state index contributed by atoms with van der Waals surface area (Å²) in [5.74, 6) is 1.90. The number of hydrogen-bond donors (Lipinski definition) is 1. The molecule has 0 radical (unpaired) electrons. The average molecular weight is 470 g/mol. The van der Waals surface area contributed by atoms with Gasteiger partial charge in [-0.05, 0) is 107 Å². The number of nitrogens with one attached hydrogen (secondary N) is 1. The second kappa shape index (κ2) is 7.59. The smallest absolute Gasteiger partial charge is 0.322 e. The average Bonchev–Trinajstić information content (AvgIpc) is 3.11. The second-order valence-electron chi connectivity index (χ2n) is 13.0. The molecule has 8 rings (SSSR count). The van der Waals surface area contributed by atoms with Gasteiger partial charge in [-0.1, -0.05) is 47.5 Å². The van der Waals surface area contributed by atoms with Crippen LogP contribution in [0.3, 0.4) is 0 Å². The monoisotopic (exact) mass is 469 g/mol. The minimum atomic E-state index is -0.0551. The SMILES string of the molecule is Cc1ccc(C23C[C@H]4C[C@@H](CC(NC(=O)N5c6ccc(C)cc6[C@@H]6CN(C)CC[C@@H]65)(C4)C2)C3)cc1. The number of likely N-dealkylation sites (N-methyl/N-ethyl adjacent to an activating group) is 1. The maximum Gasteiger partial charge on any atom is 0.322 e. The molecule has 4 heteroatoms. The number of rotatable bonds is 2. The number of amides is 2. The van der Waals surface area contributed by atoms with Gasteiger partial charge < -0.3 is 10.2 Å². The van der Waals surface area contributed by atoms with Crippen LogP contribution in [0.15, 0.2) is 42.5 Å². The van der Waals surface area contributed by atoms with Crippen LogP contribution in [0.5, 0.6) is 0 Å². The molecule has 35 heavy (non-hydrogen) atoms. The molecule has 6 aliphatic rings. The first-order valence-electron chi connectivity index (χ1n) is 13.8. The number of carbonyl (C=O) groups excluding carboxylic acids is 1. The Balaban J connectivity index is 1.21. The summed E-state index contributed by atoms with van der Waals surface area (Å²) in [6.07, 6.45) is 8.43. The molecular formula is C31H39N3O. The number of nitrogens with zero attached hydrogens (tertiary/aromatic N) is 2. The van der Waals surface area contributed by atoms with E-state index < -0.39 is 0 Å². The Labute approximate surface area is 210 Å². The summed E-state index contributed by atoms with van der Waals surface area (Å²) in [6.45, 7) is 6.45. The van der Waals surface area contributed by atoms with Crippen LogP contribution >= 0.6 is 0 Å². The molecule has 0 aromatic heterocycles. The molecule has 2 aromatic carbocycles. The van der Waals surface area contributed by atoms with Crippen molar-refractivity contribution in [2.45, 2.75) is 81.7 Å². The lowest BCUT2D eigenvalue weighted by Crippen LogP contribution is -2.66. The molecule has 0 unspecified atom stereocenters. The van der Waals surface area contributed by atoms with Gasteiger partial charge in [-0.2, -0.15) is 0 Å². The van der Waals surface area contributed by atoms with E-state index >= 15 is 0 Å². The Morgan fingerprint density at radius 3 is 2.43 bits per heavy atom. The van der Waals surface area contributed by atoms with E-state index in [0.29, 0.717) is 5.92 Å². The Morgan fingerprint density at radius 1 is 0.971 bits per heavy atom. The fraction of sp³-hybridized carbons (Fsp3) is 0.581. The Morgan fingerprint density at radius 2 is 1.69 bits per heavy atom. The number of hydrogen-bond acceptors (Lipinski definition) is 2. The van der Waals surface area contributed by atoms with Crippen molar-refractivity contribution in [2.24, 2.45) is 11.8 Å². The van der Waals surface area contributed by atoms with Gasteiger partial charge in [0.05, 0.1) is 0 Å². The van der Waals surface area contributed by atoms with Crippen LogP contribution in [0.4, 0.5) is 10.5 Å². The summed E-state index contributed by atoms with van der Waals surface area (Å²) in [6, 6.07) is 16.5. The van der Waals surface area contributed by atoms with Gasteiger partial charge in [-0.25, -0.2) is 4.79 Å². The number of fused-ring (bicyclic) bond motifs is 3. The van der Waals surface area contributed by atoms with E-state index in [1.54, 1.807) is 0 Å². The lowest BCUT2D eigenvalue weighted by molar-refractivity contribution is -0.0347. The molecule has 4 bridgehead atoms. The Kier molecular flexibility index (Phi) is 4.75. The van der Waals surface area contributed by atoms with Crippen LogP contribution < -0.4 is 10.2 Å². The van der Waals surface area contributed by atoms with Crippen LogP contribution in [0.25, 0.3) is 0 Å². The number of piperidine rings is 1. The van der Waals surface area contributed by atoms with E-state index in [0.717, 1.165) is 56.3 Å². The molecule has 2 aromatic rings. The standard InChI is InChI=1S/C31H39N3O/c1-20-4-7-24(8-5-20)30-14-22-13-23(15-30)17-31(16-22,19-30)32-29(35)34-27-9-6-21(2)12-25(27)26-18-33(3)11-10-28(26)34/h4-9,12,22-23,26,28H,10-11,13-19H2,1-3H3,(H,32,35)/t22-,23-,26+,28+,30?,31?/m1/s1. The highest BCUT2D eigenvalue weighted by Gasteiger charge is 2.59. The van der Waals surface area contributed by atoms with Crippen molar-refractivity contribution < 1.29 is 4.79 Å². The summed E-state index contributed by atoms with van der Waals surface area (Å²) < 4.78 is 0. The van der Waals surface area contributed by atoms with Gasteiger partial charge in [0, 0.05) is 29.7 Å². The van der Waals surface area contributed by atoms with Crippen LogP contribution in [0, 0.1) is 25.7 Å². The fourth-order valence-electron chi connectivity index (χ4n) is 9.29. The van der Waals surface area contributed by atoms with Crippen molar-refractivity contribution in [3.63, 3.8) is 0 Å². The lowest BCUT2D eigenvalue weighted by atomic mass is 9.45. The largest absolute Gasteiger partial charge is 0.332 e. The van der Waals surface area contributed by atoms with Gasteiger partial charge in [0.15, 0.2) is 0 Å². The van der Waals surface area contributed by atoms with Crippen molar-refractivity contribution in [2.75, 3.05) is 25.0 Å². The van der Waals surface area contributed by atoms with Crippen molar-refractivity contribution >= 4 is 11.7 Å². The van der Waals surface area contributed by atoms with Gasteiger partial charge in [0.1, 0.15) is 0 Å². The summed E-state index contributed by atoms with van der Waals surface area (Å²) >= 11 is 0.